The molecule has 0 spiro atoms. The molecule has 2 aromatic heterocycles. The Hall–Kier alpha value is -3.89. The van der Waals surface area contributed by atoms with Crippen molar-refractivity contribution >= 4 is 17.4 Å². The van der Waals surface area contributed by atoms with Crippen LogP contribution in [0.3, 0.4) is 0 Å². The smallest absolute Gasteiger partial charge is 0.421 e. The van der Waals surface area contributed by atoms with Crippen molar-refractivity contribution in [2.45, 2.75) is 25.7 Å². The number of rotatable bonds is 5. The number of pyridine rings is 2. The van der Waals surface area contributed by atoms with Gasteiger partial charge < -0.3 is 20.1 Å². The summed E-state index contributed by atoms with van der Waals surface area (Å²) in [6.45, 7) is 2.14. The fraction of sp³-hybridized carbons (Fsp3) is 0.190. The summed E-state index contributed by atoms with van der Waals surface area (Å²) in [7, 11) is 0. The third kappa shape index (κ3) is 4.27. The van der Waals surface area contributed by atoms with E-state index in [1.165, 1.54) is 6.07 Å². The van der Waals surface area contributed by atoms with Gasteiger partial charge in [0.25, 0.3) is 5.91 Å². The predicted molar refractivity (Wildman–Crippen MR) is 106 cm³/mol. The molecule has 1 aromatic carbocycles. The first-order valence-corrected chi connectivity index (χ1v) is 9.34. The summed E-state index contributed by atoms with van der Waals surface area (Å²) in [4.78, 5) is 21.1. The average molecular weight is 448 g/mol. The van der Waals surface area contributed by atoms with Crippen molar-refractivity contribution in [3.05, 3.63) is 71.7 Å². The van der Waals surface area contributed by atoms with Crippen LogP contribution in [0.2, 0.25) is 0 Å². The number of aromatic nitrogens is 2. The monoisotopic (exact) mass is 448 g/mol. The molecule has 0 saturated carbocycles. The lowest BCUT2D eigenvalue weighted by Crippen LogP contribution is -2.52. The normalized spacial score (nSPS) is 15.7. The Bertz CT molecular complexity index is 1160. The fourth-order valence-corrected chi connectivity index (χ4v) is 2.90. The first-order chi connectivity index (χ1) is 15.1. The van der Waals surface area contributed by atoms with Crippen molar-refractivity contribution < 1.29 is 31.8 Å². The molecular weight excluding hydrogens is 432 g/mol. The maximum absolute atomic E-state index is 13.4. The van der Waals surface area contributed by atoms with Crippen LogP contribution in [0.4, 0.5) is 29.1 Å². The molecule has 11 heteroatoms. The van der Waals surface area contributed by atoms with Crippen molar-refractivity contribution in [3.8, 4) is 11.5 Å². The number of hydrogen-bond acceptors (Lipinski definition) is 6. The molecule has 0 saturated heterocycles. The highest BCUT2D eigenvalue weighted by atomic mass is 19.3. The van der Waals surface area contributed by atoms with Crippen LogP contribution in [0.5, 0.6) is 11.5 Å². The maximum Gasteiger partial charge on any atom is 0.507 e. The lowest BCUT2D eigenvalue weighted by Gasteiger charge is -2.31. The van der Waals surface area contributed by atoms with Gasteiger partial charge in [-0.1, -0.05) is 0 Å². The number of anilines is 2. The Labute approximate surface area is 179 Å². The molecule has 166 valence electrons. The highest BCUT2D eigenvalue weighted by Crippen LogP contribution is 2.47. The van der Waals surface area contributed by atoms with E-state index in [2.05, 4.69) is 30.1 Å². The molecule has 3 heterocycles. The number of benzene rings is 1. The third-order valence-corrected chi connectivity index (χ3v) is 4.51. The highest BCUT2D eigenvalue weighted by molar-refractivity contribution is 6.07. The van der Waals surface area contributed by atoms with E-state index in [0.717, 1.165) is 17.7 Å². The molecule has 0 bridgehead atoms. The van der Waals surface area contributed by atoms with E-state index >= 15 is 0 Å². The second-order valence-corrected chi connectivity index (χ2v) is 6.91. The van der Waals surface area contributed by atoms with Gasteiger partial charge in [0.2, 0.25) is 0 Å². The SMILES string of the molecule is Cc1ccc(C(=O)Nc2ccc3c(c2)OC(F)(F)C(F)(F)O3)c(NCc2ccncc2)n1. The van der Waals surface area contributed by atoms with E-state index in [4.69, 9.17) is 0 Å². The van der Waals surface area contributed by atoms with Crippen molar-refractivity contribution in [2.24, 2.45) is 0 Å². The number of alkyl halides is 4. The lowest BCUT2D eigenvalue weighted by molar-refractivity contribution is -0.391. The van der Waals surface area contributed by atoms with E-state index in [0.29, 0.717) is 18.1 Å². The van der Waals surface area contributed by atoms with Crippen LogP contribution in [-0.2, 0) is 6.54 Å². The van der Waals surface area contributed by atoms with E-state index in [9.17, 15) is 22.4 Å². The van der Waals surface area contributed by atoms with Gasteiger partial charge in [-0.3, -0.25) is 9.78 Å². The maximum atomic E-state index is 13.4. The quantitative estimate of drug-likeness (QED) is 0.555. The predicted octanol–water partition coefficient (Wildman–Crippen LogP) is 4.61. The van der Waals surface area contributed by atoms with Crippen molar-refractivity contribution in [2.75, 3.05) is 10.6 Å². The van der Waals surface area contributed by atoms with Crippen molar-refractivity contribution in [1.82, 2.24) is 9.97 Å². The van der Waals surface area contributed by atoms with Crippen LogP contribution in [0.1, 0.15) is 21.6 Å². The first-order valence-electron chi connectivity index (χ1n) is 9.34. The zero-order valence-electron chi connectivity index (χ0n) is 16.5. The van der Waals surface area contributed by atoms with Crippen LogP contribution in [0, 0.1) is 6.92 Å². The van der Waals surface area contributed by atoms with Crippen LogP contribution in [0.15, 0.2) is 54.9 Å². The van der Waals surface area contributed by atoms with E-state index < -0.39 is 29.6 Å². The molecule has 1 aliphatic heterocycles. The van der Waals surface area contributed by atoms with Gasteiger partial charge in [0, 0.05) is 36.4 Å². The number of nitrogens with one attached hydrogen (secondary N) is 2. The van der Waals surface area contributed by atoms with Gasteiger partial charge in [0.05, 0.1) is 5.56 Å². The standard InChI is InChI=1S/C21H16F4N4O3/c1-12-2-4-15(18(28-12)27-11-13-6-8-26-9-7-13)19(30)29-14-3-5-16-17(10-14)32-21(24,25)20(22,23)31-16/h2-10H,11H2,1H3,(H,27,28)(H,29,30). The third-order valence-electron chi connectivity index (χ3n) is 4.51. The second kappa shape index (κ2) is 7.98. The number of ether oxygens (including phenoxy) is 2. The fourth-order valence-electron chi connectivity index (χ4n) is 2.90. The highest BCUT2D eigenvalue weighted by Gasteiger charge is 2.65. The molecule has 3 aromatic rings. The molecule has 4 rings (SSSR count). The second-order valence-electron chi connectivity index (χ2n) is 6.91. The van der Waals surface area contributed by atoms with Gasteiger partial charge in [-0.25, -0.2) is 4.98 Å². The molecule has 0 unspecified atom stereocenters. The van der Waals surface area contributed by atoms with Crippen LogP contribution in [-0.4, -0.2) is 28.1 Å². The van der Waals surface area contributed by atoms with Gasteiger partial charge >= 0.3 is 12.2 Å². The van der Waals surface area contributed by atoms with Crippen LogP contribution < -0.4 is 20.1 Å². The van der Waals surface area contributed by atoms with Gasteiger partial charge in [-0.15, -0.1) is 0 Å². The number of carbonyl (C=O) groups excluding carboxylic acids is 1. The van der Waals surface area contributed by atoms with Crippen LogP contribution >= 0.6 is 0 Å². The minimum atomic E-state index is -4.85. The summed E-state index contributed by atoms with van der Waals surface area (Å²) >= 11 is 0. The van der Waals surface area contributed by atoms with Gasteiger partial charge in [-0.2, -0.15) is 17.6 Å². The van der Waals surface area contributed by atoms with Crippen molar-refractivity contribution in [3.63, 3.8) is 0 Å². The zero-order chi connectivity index (χ0) is 22.9. The summed E-state index contributed by atoms with van der Waals surface area (Å²) in [6, 6.07) is 10.0. The molecule has 32 heavy (non-hydrogen) atoms. The number of nitrogens with zero attached hydrogens (tertiary/aromatic N) is 2. The largest absolute Gasteiger partial charge is 0.507 e. The van der Waals surface area contributed by atoms with E-state index in [-0.39, 0.29) is 11.3 Å². The summed E-state index contributed by atoms with van der Waals surface area (Å²) in [6.07, 6.45) is -6.40. The summed E-state index contributed by atoms with van der Waals surface area (Å²) in [5, 5.41) is 5.60. The Morgan fingerprint density at radius 1 is 0.969 bits per heavy atom. The molecule has 0 fully saturated rings. The van der Waals surface area contributed by atoms with Gasteiger partial charge in [-0.05, 0) is 48.9 Å². The van der Waals surface area contributed by atoms with Gasteiger partial charge in [0.15, 0.2) is 11.5 Å². The zero-order valence-corrected chi connectivity index (χ0v) is 16.5. The molecule has 0 aliphatic carbocycles. The number of halogens is 4. The first kappa shape index (κ1) is 21.3. The Morgan fingerprint density at radius 3 is 2.38 bits per heavy atom. The Kier molecular flexibility index (Phi) is 5.33. The van der Waals surface area contributed by atoms with Gasteiger partial charge in [0.1, 0.15) is 5.82 Å². The van der Waals surface area contributed by atoms with E-state index in [1.807, 2.05) is 0 Å². The topological polar surface area (TPSA) is 85.4 Å². The summed E-state index contributed by atoms with van der Waals surface area (Å²) in [5.74, 6) is -1.49. The van der Waals surface area contributed by atoms with Crippen LogP contribution in [0.25, 0.3) is 0 Å². The molecule has 7 nitrogen and oxygen atoms in total. The number of aryl methyl sites for hydroxylation is 1. The molecule has 0 radical (unpaired) electrons. The Morgan fingerprint density at radius 2 is 1.66 bits per heavy atom. The molecule has 0 atom stereocenters. The number of carbonyl (C=O) groups is 1. The van der Waals surface area contributed by atoms with Crippen molar-refractivity contribution in [1.29, 1.82) is 0 Å². The molecule has 1 aliphatic rings. The Balaban J connectivity index is 1.53. The molecule has 1 amide bonds. The minimum absolute atomic E-state index is 0.0408. The summed E-state index contributed by atoms with van der Waals surface area (Å²) in [5.41, 5.74) is 1.82. The summed E-state index contributed by atoms with van der Waals surface area (Å²) < 4.78 is 61.6. The number of fused-ring (bicyclic) bond motifs is 1. The lowest BCUT2D eigenvalue weighted by atomic mass is 10.2. The molecule has 2 N–H and O–H groups in total. The van der Waals surface area contributed by atoms with E-state index in [1.54, 1.807) is 43.6 Å². The average Bonchev–Trinajstić information content (AvgIpc) is 2.73. The number of amides is 1. The number of hydrogen-bond donors (Lipinski definition) is 2. The molecular formula is C21H16F4N4O3. The minimum Gasteiger partial charge on any atom is -0.421 e.